The van der Waals surface area contributed by atoms with Crippen molar-refractivity contribution in [3.63, 3.8) is 0 Å². The number of hydrogen-bond donors (Lipinski definition) is 2. The minimum Gasteiger partial charge on any atom is -0.326 e. The molecular formula is C12H13N3O3S2. The third kappa shape index (κ3) is 3.55. The van der Waals surface area contributed by atoms with Crippen LogP contribution in [-0.2, 0) is 14.8 Å². The SMILES string of the molecule is CC(=O)Nc1ccc(S(=O)(=O)Nc2nc(C)cs2)cc1. The molecule has 0 bridgehead atoms. The van der Waals surface area contributed by atoms with Crippen LogP contribution in [0.3, 0.4) is 0 Å². The van der Waals surface area contributed by atoms with Gasteiger partial charge < -0.3 is 5.32 Å². The van der Waals surface area contributed by atoms with Crippen LogP contribution < -0.4 is 10.0 Å². The summed E-state index contributed by atoms with van der Waals surface area (Å²) in [4.78, 5) is 15.1. The standard InChI is InChI=1S/C12H13N3O3S2/c1-8-7-19-12(13-8)15-20(17,18)11-5-3-10(4-6-11)14-9(2)16/h3-7H,1-2H3,(H,13,15)(H,14,16). The Kier molecular flexibility index (Phi) is 4.05. The van der Waals surface area contributed by atoms with Crippen LogP contribution in [0.2, 0.25) is 0 Å². The van der Waals surface area contributed by atoms with Crippen LogP contribution in [0, 0.1) is 6.92 Å². The number of hydrogen-bond acceptors (Lipinski definition) is 5. The van der Waals surface area contributed by atoms with Gasteiger partial charge in [-0.3, -0.25) is 9.52 Å². The van der Waals surface area contributed by atoms with Gasteiger partial charge in [-0.15, -0.1) is 11.3 Å². The number of aromatic nitrogens is 1. The van der Waals surface area contributed by atoms with Crippen molar-refractivity contribution >= 4 is 38.1 Å². The lowest BCUT2D eigenvalue weighted by molar-refractivity contribution is -0.114. The van der Waals surface area contributed by atoms with Crippen LogP contribution in [0.4, 0.5) is 10.8 Å². The van der Waals surface area contributed by atoms with Gasteiger partial charge in [-0.05, 0) is 31.2 Å². The Morgan fingerprint density at radius 1 is 1.25 bits per heavy atom. The molecule has 1 heterocycles. The summed E-state index contributed by atoms with van der Waals surface area (Å²) >= 11 is 1.22. The molecule has 0 atom stereocenters. The number of anilines is 2. The molecule has 1 amide bonds. The summed E-state index contributed by atoms with van der Waals surface area (Å²) in [5, 5.41) is 4.66. The fourth-order valence-corrected chi connectivity index (χ4v) is 3.44. The Morgan fingerprint density at radius 3 is 2.40 bits per heavy atom. The number of rotatable bonds is 4. The molecule has 20 heavy (non-hydrogen) atoms. The van der Waals surface area contributed by atoms with Gasteiger partial charge in [0.05, 0.1) is 10.6 Å². The minimum atomic E-state index is -3.66. The summed E-state index contributed by atoms with van der Waals surface area (Å²) in [5.74, 6) is -0.211. The molecule has 1 aromatic carbocycles. The second-order valence-electron chi connectivity index (χ2n) is 4.11. The molecule has 0 unspecified atom stereocenters. The third-order valence-corrected chi connectivity index (χ3v) is 4.69. The molecule has 0 aliphatic carbocycles. The van der Waals surface area contributed by atoms with E-state index in [0.29, 0.717) is 10.8 Å². The summed E-state index contributed by atoms with van der Waals surface area (Å²) in [6.07, 6.45) is 0. The lowest BCUT2D eigenvalue weighted by atomic mass is 10.3. The molecular weight excluding hydrogens is 298 g/mol. The largest absolute Gasteiger partial charge is 0.326 e. The third-order valence-electron chi connectivity index (χ3n) is 2.33. The highest BCUT2D eigenvalue weighted by Gasteiger charge is 2.15. The van der Waals surface area contributed by atoms with E-state index in [4.69, 9.17) is 0 Å². The Labute approximate surface area is 120 Å². The number of amides is 1. The van der Waals surface area contributed by atoms with E-state index in [0.717, 1.165) is 5.69 Å². The summed E-state index contributed by atoms with van der Waals surface area (Å²) in [6, 6.07) is 5.91. The molecule has 1 aromatic heterocycles. The molecule has 106 valence electrons. The molecule has 2 aromatic rings. The van der Waals surface area contributed by atoms with Crippen LogP contribution in [0.25, 0.3) is 0 Å². The van der Waals surface area contributed by atoms with E-state index in [9.17, 15) is 13.2 Å². The Balaban J connectivity index is 2.19. The molecule has 0 fully saturated rings. The van der Waals surface area contributed by atoms with Crippen molar-refractivity contribution in [1.29, 1.82) is 0 Å². The molecule has 6 nitrogen and oxygen atoms in total. The molecule has 0 spiro atoms. The summed E-state index contributed by atoms with van der Waals surface area (Å²) < 4.78 is 26.6. The second-order valence-corrected chi connectivity index (χ2v) is 6.65. The average molecular weight is 311 g/mol. The molecule has 2 rings (SSSR count). The maximum atomic E-state index is 12.1. The van der Waals surface area contributed by atoms with Crippen molar-refractivity contribution in [2.45, 2.75) is 18.7 Å². The van der Waals surface area contributed by atoms with Crippen molar-refractivity contribution in [3.8, 4) is 0 Å². The lowest BCUT2D eigenvalue weighted by Gasteiger charge is -2.06. The predicted molar refractivity (Wildman–Crippen MR) is 78.4 cm³/mol. The normalized spacial score (nSPS) is 11.1. The quantitative estimate of drug-likeness (QED) is 0.906. The van der Waals surface area contributed by atoms with Gasteiger partial charge >= 0.3 is 0 Å². The predicted octanol–water partition coefficient (Wildman–Crippen LogP) is 2.21. The summed E-state index contributed by atoms with van der Waals surface area (Å²) in [7, 11) is -3.66. The Bertz CT molecular complexity index is 721. The topological polar surface area (TPSA) is 88.2 Å². The minimum absolute atomic E-state index is 0.111. The van der Waals surface area contributed by atoms with E-state index in [1.165, 1.54) is 42.5 Å². The van der Waals surface area contributed by atoms with Crippen molar-refractivity contribution in [2.75, 3.05) is 10.0 Å². The van der Waals surface area contributed by atoms with Gasteiger partial charge in [-0.2, -0.15) is 0 Å². The van der Waals surface area contributed by atoms with E-state index in [1.54, 1.807) is 12.3 Å². The highest BCUT2D eigenvalue weighted by Crippen LogP contribution is 2.20. The number of carbonyl (C=O) groups excluding carboxylic acids is 1. The van der Waals surface area contributed by atoms with E-state index in [1.807, 2.05) is 0 Å². The van der Waals surface area contributed by atoms with Gasteiger partial charge in [0.2, 0.25) is 5.91 Å². The molecule has 0 radical (unpaired) electrons. The number of nitrogens with zero attached hydrogens (tertiary/aromatic N) is 1. The van der Waals surface area contributed by atoms with Gasteiger partial charge in [0.1, 0.15) is 0 Å². The van der Waals surface area contributed by atoms with E-state index < -0.39 is 10.0 Å². The van der Waals surface area contributed by atoms with E-state index in [-0.39, 0.29) is 10.8 Å². The van der Waals surface area contributed by atoms with Crippen molar-refractivity contribution in [3.05, 3.63) is 35.3 Å². The van der Waals surface area contributed by atoms with Crippen molar-refractivity contribution in [2.24, 2.45) is 0 Å². The van der Waals surface area contributed by atoms with Crippen LogP contribution in [-0.4, -0.2) is 19.3 Å². The van der Waals surface area contributed by atoms with Gasteiger partial charge in [0.15, 0.2) is 5.13 Å². The highest BCUT2D eigenvalue weighted by atomic mass is 32.2. The monoisotopic (exact) mass is 311 g/mol. The van der Waals surface area contributed by atoms with E-state index in [2.05, 4.69) is 15.0 Å². The van der Waals surface area contributed by atoms with E-state index >= 15 is 0 Å². The number of aryl methyl sites for hydroxylation is 1. The zero-order valence-corrected chi connectivity index (χ0v) is 12.5. The fourth-order valence-electron chi connectivity index (χ4n) is 1.50. The first-order chi connectivity index (χ1) is 9.37. The number of sulfonamides is 1. The molecule has 0 saturated carbocycles. The smallest absolute Gasteiger partial charge is 0.263 e. The first-order valence-corrected chi connectivity index (χ1v) is 8.06. The van der Waals surface area contributed by atoms with Crippen LogP contribution >= 0.6 is 11.3 Å². The lowest BCUT2D eigenvalue weighted by Crippen LogP contribution is -2.13. The van der Waals surface area contributed by atoms with Gasteiger partial charge in [-0.25, -0.2) is 13.4 Å². The molecule has 0 aliphatic heterocycles. The number of benzene rings is 1. The highest BCUT2D eigenvalue weighted by molar-refractivity contribution is 7.93. The fraction of sp³-hybridized carbons (Fsp3) is 0.167. The van der Waals surface area contributed by atoms with Crippen molar-refractivity contribution in [1.82, 2.24) is 4.98 Å². The van der Waals surface area contributed by atoms with Crippen LogP contribution in [0.15, 0.2) is 34.5 Å². The zero-order chi connectivity index (χ0) is 14.8. The van der Waals surface area contributed by atoms with Crippen LogP contribution in [0.1, 0.15) is 12.6 Å². The molecule has 0 saturated heterocycles. The Morgan fingerprint density at radius 2 is 1.90 bits per heavy atom. The summed E-state index contributed by atoms with van der Waals surface area (Å²) in [6.45, 7) is 3.17. The van der Waals surface area contributed by atoms with Crippen molar-refractivity contribution < 1.29 is 13.2 Å². The second kappa shape index (κ2) is 5.59. The first kappa shape index (κ1) is 14.5. The zero-order valence-electron chi connectivity index (χ0n) is 10.9. The summed E-state index contributed by atoms with van der Waals surface area (Å²) in [5.41, 5.74) is 1.30. The van der Waals surface area contributed by atoms with Gasteiger partial charge in [0, 0.05) is 18.0 Å². The molecule has 0 aliphatic rings. The first-order valence-electron chi connectivity index (χ1n) is 5.69. The molecule has 8 heteroatoms. The number of nitrogens with one attached hydrogen (secondary N) is 2. The van der Waals surface area contributed by atoms with Gasteiger partial charge in [0.25, 0.3) is 10.0 Å². The molecule has 2 N–H and O–H groups in total. The number of carbonyl (C=O) groups is 1. The van der Waals surface area contributed by atoms with Gasteiger partial charge in [-0.1, -0.05) is 0 Å². The Hall–Kier alpha value is -1.93. The maximum Gasteiger partial charge on any atom is 0.263 e. The number of thiazole rings is 1. The maximum absolute atomic E-state index is 12.1. The average Bonchev–Trinajstić information content (AvgIpc) is 2.74. The van der Waals surface area contributed by atoms with Crippen LogP contribution in [0.5, 0.6) is 0 Å².